The quantitative estimate of drug-likeness (QED) is 0.423. The highest BCUT2D eigenvalue weighted by atomic mass is 16.5. The minimum atomic E-state index is 0.270. The number of hydrogen-bond acceptors (Lipinski definition) is 5. The highest BCUT2D eigenvalue weighted by molar-refractivity contribution is 6.02. The summed E-state index contributed by atoms with van der Waals surface area (Å²) in [6.07, 6.45) is 6.57. The highest BCUT2D eigenvalue weighted by Crippen LogP contribution is 2.41. The predicted molar refractivity (Wildman–Crippen MR) is 144 cm³/mol. The third-order valence-electron chi connectivity index (χ3n) is 7.82. The van der Waals surface area contributed by atoms with Crippen LogP contribution >= 0.6 is 0 Å². The molecule has 2 aliphatic rings. The Bertz CT molecular complexity index is 1460. The van der Waals surface area contributed by atoms with Crippen molar-refractivity contribution in [3.63, 3.8) is 0 Å². The van der Waals surface area contributed by atoms with E-state index in [9.17, 15) is 5.26 Å². The summed E-state index contributed by atoms with van der Waals surface area (Å²) in [4.78, 5) is 7.27. The van der Waals surface area contributed by atoms with Crippen molar-refractivity contribution in [3.8, 4) is 34.2 Å². The Morgan fingerprint density at radius 3 is 2.64 bits per heavy atom. The van der Waals surface area contributed by atoms with Gasteiger partial charge in [0.25, 0.3) is 0 Å². The van der Waals surface area contributed by atoms with Crippen LogP contribution in [0.15, 0.2) is 60.9 Å². The van der Waals surface area contributed by atoms with Crippen LogP contribution in [0, 0.1) is 16.7 Å². The lowest BCUT2D eigenvalue weighted by Gasteiger charge is -2.34. The zero-order chi connectivity index (χ0) is 24.7. The summed E-state index contributed by atoms with van der Waals surface area (Å²) in [5.41, 5.74) is 7.29. The molecule has 6 rings (SSSR count). The molecular formula is C30H31N5O. The summed E-state index contributed by atoms with van der Waals surface area (Å²) in [7, 11) is 2.10. The molecule has 4 heterocycles. The van der Waals surface area contributed by atoms with Crippen LogP contribution in [0.3, 0.4) is 0 Å². The minimum Gasteiger partial charge on any atom is -0.490 e. The number of aromatic nitrogens is 2. The van der Waals surface area contributed by atoms with Gasteiger partial charge < -0.3 is 19.5 Å². The van der Waals surface area contributed by atoms with Crippen molar-refractivity contribution in [2.24, 2.45) is 5.41 Å². The predicted octanol–water partition coefficient (Wildman–Crippen LogP) is 5.46. The Morgan fingerprint density at radius 1 is 1.08 bits per heavy atom. The lowest BCUT2D eigenvalue weighted by Crippen LogP contribution is -2.37. The van der Waals surface area contributed by atoms with Crippen molar-refractivity contribution in [2.75, 3.05) is 38.2 Å². The molecule has 1 N–H and O–H groups in total. The van der Waals surface area contributed by atoms with E-state index in [1.54, 1.807) is 0 Å². The van der Waals surface area contributed by atoms with E-state index in [1.807, 2.05) is 30.5 Å². The van der Waals surface area contributed by atoms with Gasteiger partial charge in [0.2, 0.25) is 0 Å². The summed E-state index contributed by atoms with van der Waals surface area (Å²) in [6.45, 7) is 7.08. The molecule has 2 aromatic heterocycles. The smallest absolute Gasteiger partial charge is 0.143 e. The normalized spacial score (nSPS) is 16.9. The van der Waals surface area contributed by atoms with Crippen LogP contribution in [0.2, 0.25) is 0 Å². The van der Waals surface area contributed by atoms with Crippen molar-refractivity contribution < 1.29 is 4.74 Å². The monoisotopic (exact) mass is 477 g/mol. The van der Waals surface area contributed by atoms with Crippen molar-refractivity contribution in [1.82, 2.24) is 14.9 Å². The second kappa shape index (κ2) is 9.00. The summed E-state index contributed by atoms with van der Waals surface area (Å²) in [5.74, 6) is 0.894. The number of benzene rings is 2. The van der Waals surface area contributed by atoms with Crippen LogP contribution in [-0.4, -0.2) is 42.8 Å². The van der Waals surface area contributed by atoms with E-state index in [2.05, 4.69) is 65.3 Å². The average molecular weight is 478 g/mol. The lowest BCUT2D eigenvalue weighted by molar-refractivity contribution is 0.197. The maximum Gasteiger partial charge on any atom is 0.143 e. The first kappa shape index (κ1) is 22.6. The molecule has 1 fully saturated rings. The van der Waals surface area contributed by atoms with Gasteiger partial charge in [-0.25, -0.2) is 0 Å². The highest BCUT2D eigenvalue weighted by Gasteiger charge is 2.28. The molecule has 0 aliphatic carbocycles. The van der Waals surface area contributed by atoms with Gasteiger partial charge in [0.15, 0.2) is 0 Å². The van der Waals surface area contributed by atoms with E-state index in [4.69, 9.17) is 9.72 Å². The van der Waals surface area contributed by atoms with Gasteiger partial charge in [-0.2, -0.15) is 5.26 Å². The summed E-state index contributed by atoms with van der Waals surface area (Å²) in [5, 5.41) is 14.0. The van der Waals surface area contributed by atoms with Crippen LogP contribution < -0.4 is 15.0 Å². The molecule has 0 atom stereocenters. The molecule has 0 radical (unpaired) electrons. The van der Waals surface area contributed by atoms with Crippen LogP contribution in [0.5, 0.6) is 5.75 Å². The zero-order valence-corrected chi connectivity index (χ0v) is 20.9. The Balaban J connectivity index is 1.50. The number of fused-ring (bicyclic) bond motifs is 2. The van der Waals surface area contributed by atoms with Gasteiger partial charge in [0.1, 0.15) is 12.4 Å². The third kappa shape index (κ3) is 4.00. The zero-order valence-electron chi connectivity index (χ0n) is 20.9. The van der Waals surface area contributed by atoms with Gasteiger partial charge in [-0.3, -0.25) is 4.98 Å². The molecule has 0 unspecified atom stereocenters. The third-order valence-corrected chi connectivity index (χ3v) is 7.82. The van der Waals surface area contributed by atoms with Gasteiger partial charge in [0.05, 0.1) is 41.3 Å². The summed E-state index contributed by atoms with van der Waals surface area (Å²) < 4.78 is 8.37. The van der Waals surface area contributed by atoms with E-state index < -0.39 is 0 Å². The van der Waals surface area contributed by atoms with Gasteiger partial charge in [-0.15, -0.1) is 0 Å². The number of pyridine rings is 1. The summed E-state index contributed by atoms with van der Waals surface area (Å²) in [6, 6.07) is 18.7. The van der Waals surface area contributed by atoms with Crippen molar-refractivity contribution in [2.45, 2.75) is 26.3 Å². The molecule has 2 aromatic carbocycles. The lowest BCUT2D eigenvalue weighted by atomic mass is 9.81. The molecule has 1 saturated heterocycles. The number of hydrogen-bond donors (Lipinski definition) is 1. The SMILES string of the molecule is CN1CCOc2cc(-c3ncc4c(ccn4CC4(C)CCNCC4)c3-c3ccc(C#N)cc3)ccc21. The number of anilines is 1. The van der Waals surface area contributed by atoms with E-state index in [-0.39, 0.29) is 5.41 Å². The van der Waals surface area contributed by atoms with E-state index in [0.29, 0.717) is 12.2 Å². The molecule has 182 valence electrons. The molecule has 0 saturated carbocycles. The van der Waals surface area contributed by atoms with Gasteiger partial charge >= 0.3 is 0 Å². The molecule has 0 amide bonds. The fourth-order valence-corrected chi connectivity index (χ4v) is 5.62. The van der Waals surface area contributed by atoms with Crippen LogP contribution in [-0.2, 0) is 6.54 Å². The molecule has 0 bridgehead atoms. The largest absolute Gasteiger partial charge is 0.490 e. The molecule has 0 spiro atoms. The number of likely N-dealkylation sites (N-methyl/N-ethyl adjacent to an activating group) is 1. The van der Waals surface area contributed by atoms with Gasteiger partial charge in [-0.05, 0) is 67.2 Å². The van der Waals surface area contributed by atoms with Crippen molar-refractivity contribution >= 4 is 16.6 Å². The number of nitriles is 1. The van der Waals surface area contributed by atoms with Crippen LogP contribution in [0.25, 0.3) is 33.3 Å². The maximum absolute atomic E-state index is 9.33. The van der Waals surface area contributed by atoms with Gasteiger partial charge in [0, 0.05) is 36.3 Å². The number of nitrogens with zero attached hydrogens (tertiary/aromatic N) is 4. The first-order chi connectivity index (χ1) is 17.5. The maximum atomic E-state index is 9.33. The molecular weight excluding hydrogens is 446 g/mol. The fourth-order valence-electron chi connectivity index (χ4n) is 5.62. The Kier molecular flexibility index (Phi) is 5.66. The van der Waals surface area contributed by atoms with Crippen molar-refractivity contribution in [3.05, 3.63) is 66.5 Å². The standard InChI is InChI=1S/C30H31N5O/c1-30(10-12-32-13-11-30)20-35-14-9-24-26(35)19-33-29(28(24)22-5-3-21(18-31)4-6-22)23-7-8-25-27(17-23)36-16-15-34(25)2/h3-9,14,17,19,32H,10-13,15-16,20H2,1-2H3. The molecule has 6 heteroatoms. The first-order valence-corrected chi connectivity index (χ1v) is 12.7. The van der Waals surface area contributed by atoms with E-state index in [1.165, 1.54) is 18.2 Å². The number of rotatable bonds is 4. The first-order valence-electron chi connectivity index (χ1n) is 12.7. The van der Waals surface area contributed by atoms with E-state index >= 15 is 0 Å². The van der Waals surface area contributed by atoms with Gasteiger partial charge in [-0.1, -0.05) is 25.1 Å². The molecule has 4 aromatic rings. The minimum absolute atomic E-state index is 0.270. The fraction of sp³-hybridized carbons (Fsp3) is 0.333. The second-order valence-corrected chi connectivity index (χ2v) is 10.4. The number of nitrogens with one attached hydrogen (secondary N) is 1. The number of ether oxygens (including phenoxy) is 1. The van der Waals surface area contributed by atoms with Crippen LogP contribution in [0.1, 0.15) is 25.3 Å². The number of piperidine rings is 1. The average Bonchev–Trinajstić information content (AvgIpc) is 3.30. The Labute approximate surface area is 212 Å². The molecule has 36 heavy (non-hydrogen) atoms. The van der Waals surface area contributed by atoms with E-state index in [0.717, 1.165) is 65.5 Å². The Morgan fingerprint density at radius 2 is 1.86 bits per heavy atom. The topological polar surface area (TPSA) is 66.1 Å². The summed E-state index contributed by atoms with van der Waals surface area (Å²) >= 11 is 0. The van der Waals surface area contributed by atoms with Crippen LogP contribution in [0.4, 0.5) is 5.69 Å². The Hall–Kier alpha value is -3.82. The molecule has 2 aliphatic heterocycles. The second-order valence-electron chi connectivity index (χ2n) is 10.4. The van der Waals surface area contributed by atoms with Crippen molar-refractivity contribution in [1.29, 1.82) is 5.26 Å². The molecule has 6 nitrogen and oxygen atoms in total.